The summed E-state index contributed by atoms with van der Waals surface area (Å²) in [6.07, 6.45) is 1.16. The predicted molar refractivity (Wildman–Crippen MR) is 128 cm³/mol. The van der Waals surface area contributed by atoms with Gasteiger partial charge in [0.25, 0.3) is 15.9 Å². The number of para-hydroxylation sites is 1. The molecule has 0 aliphatic heterocycles. The third-order valence-corrected chi connectivity index (χ3v) is 6.04. The molecule has 2 aromatic carbocycles. The Kier molecular flexibility index (Phi) is 6.87. The Balaban J connectivity index is 1.52. The van der Waals surface area contributed by atoms with Crippen LogP contribution in [0.15, 0.2) is 80.6 Å². The molecule has 180 valence electrons. The maximum Gasteiger partial charge on any atom is 0.263 e. The summed E-state index contributed by atoms with van der Waals surface area (Å²) in [5, 5.41) is 15.5. The van der Waals surface area contributed by atoms with Crippen molar-refractivity contribution >= 4 is 38.7 Å². The van der Waals surface area contributed by atoms with Crippen LogP contribution in [0.2, 0.25) is 0 Å². The van der Waals surface area contributed by atoms with Gasteiger partial charge in [-0.1, -0.05) is 23.4 Å². The summed E-state index contributed by atoms with van der Waals surface area (Å²) in [7, 11) is -1.23. The molecule has 0 radical (unpaired) electrons. The van der Waals surface area contributed by atoms with Crippen molar-refractivity contribution in [2.24, 2.45) is 10.2 Å². The molecule has 0 fully saturated rings. The van der Waals surface area contributed by atoms with E-state index >= 15 is 0 Å². The number of rotatable bonds is 9. The standard InChI is InChI=1S/C22H21N7O5S/c1-14-18(20(28-34-14)25-15-7-5-4-6-8-15)27-26-16-9-11-17(12-10-16)35(30,31)29-21-19(32-2)22(33-3)24-13-23-21/h4-13H,1-3H3,(H,25,28)(H,23,24,29). The fourth-order valence-electron chi connectivity index (χ4n) is 2.97. The molecule has 0 atom stereocenters. The molecule has 12 nitrogen and oxygen atoms in total. The highest BCUT2D eigenvalue weighted by molar-refractivity contribution is 7.92. The Morgan fingerprint density at radius 1 is 0.914 bits per heavy atom. The summed E-state index contributed by atoms with van der Waals surface area (Å²) in [5.74, 6) is 0.999. The quantitative estimate of drug-likeness (QED) is 0.313. The van der Waals surface area contributed by atoms with Crippen LogP contribution in [0.4, 0.5) is 28.7 Å². The fourth-order valence-corrected chi connectivity index (χ4v) is 3.98. The first-order valence-corrected chi connectivity index (χ1v) is 11.7. The molecule has 0 aliphatic carbocycles. The lowest BCUT2D eigenvalue weighted by molar-refractivity contribution is 0.342. The lowest BCUT2D eigenvalue weighted by Crippen LogP contribution is -2.15. The monoisotopic (exact) mass is 495 g/mol. The number of azo groups is 1. The molecule has 35 heavy (non-hydrogen) atoms. The number of anilines is 3. The van der Waals surface area contributed by atoms with E-state index in [0.29, 0.717) is 23.0 Å². The van der Waals surface area contributed by atoms with Gasteiger partial charge in [0.1, 0.15) is 6.33 Å². The first-order valence-electron chi connectivity index (χ1n) is 10.2. The summed E-state index contributed by atoms with van der Waals surface area (Å²) in [5.41, 5.74) is 1.67. The minimum Gasteiger partial charge on any atom is -0.489 e. The minimum absolute atomic E-state index is 0.0105. The van der Waals surface area contributed by atoms with Crippen LogP contribution in [-0.2, 0) is 10.0 Å². The number of aromatic nitrogens is 3. The molecular weight excluding hydrogens is 474 g/mol. The van der Waals surface area contributed by atoms with Gasteiger partial charge in [0, 0.05) is 5.69 Å². The number of methoxy groups -OCH3 is 2. The van der Waals surface area contributed by atoms with Crippen molar-refractivity contribution in [2.75, 3.05) is 24.3 Å². The van der Waals surface area contributed by atoms with Crippen molar-refractivity contribution in [1.82, 2.24) is 15.1 Å². The highest BCUT2D eigenvalue weighted by Gasteiger charge is 2.20. The van der Waals surface area contributed by atoms with E-state index in [1.54, 1.807) is 6.92 Å². The van der Waals surface area contributed by atoms with Gasteiger partial charge in [-0.05, 0) is 43.3 Å². The highest BCUT2D eigenvalue weighted by atomic mass is 32.2. The van der Waals surface area contributed by atoms with E-state index in [1.807, 2.05) is 30.3 Å². The molecule has 0 aliphatic rings. The van der Waals surface area contributed by atoms with Crippen LogP contribution in [-0.4, -0.2) is 37.8 Å². The molecule has 0 spiro atoms. The third-order valence-electron chi connectivity index (χ3n) is 4.68. The van der Waals surface area contributed by atoms with Crippen molar-refractivity contribution in [3.8, 4) is 11.6 Å². The van der Waals surface area contributed by atoms with Crippen LogP contribution < -0.4 is 19.5 Å². The number of hydrogen-bond donors (Lipinski definition) is 2. The third kappa shape index (κ3) is 5.35. The van der Waals surface area contributed by atoms with Crippen molar-refractivity contribution < 1.29 is 22.4 Å². The lowest BCUT2D eigenvalue weighted by Gasteiger charge is -2.12. The number of ether oxygens (including phenoxy) is 2. The molecule has 2 aromatic heterocycles. The summed E-state index contributed by atoms with van der Waals surface area (Å²) in [6, 6.07) is 15.3. The van der Waals surface area contributed by atoms with Crippen molar-refractivity contribution in [2.45, 2.75) is 11.8 Å². The molecule has 4 aromatic rings. The molecule has 0 unspecified atom stereocenters. The highest BCUT2D eigenvalue weighted by Crippen LogP contribution is 2.33. The smallest absolute Gasteiger partial charge is 0.263 e. The van der Waals surface area contributed by atoms with E-state index in [1.165, 1.54) is 38.5 Å². The van der Waals surface area contributed by atoms with Crippen LogP contribution >= 0.6 is 0 Å². The van der Waals surface area contributed by atoms with Gasteiger partial charge in [-0.15, -0.1) is 5.11 Å². The zero-order valence-electron chi connectivity index (χ0n) is 19.0. The van der Waals surface area contributed by atoms with E-state index in [0.717, 1.165) is 12.0 Å². The molecule has 2 N–H and O–H groups in total. The molecule has 0 saturated carbocycles. The van der Waals surface area contributed by atoms with Crippen LogP contribution in [0.1, 0.15) is 5.76 Å². The van der Waals surface area contributed by atoms with E-state index < -0.39 is 10.0 Å². The largest absolute Gasteiger partial charge is 0.489 e. The summed E-state index contributed by atoms with van der Waals surface area (Å²) in [4.78, 5) is 7.81. The Hall–Kier alpha value is -4.52. The maximum absolute atomic E-state index is 12.8. The van der Waals surface area contributed by atoms with Crippen LogP contribution in [0.5, 0.6) is 11.6 Å². The second kappa shape index (κ2) is 10.2. The lowest BCUT2D eigenvalue weighted by atomic mass is 10.3. The van der Waals surface area contributed by atoms with Gasteiger partial charge in [-0.3, -0.25) is 4.72 Å². The molecule has 13 heteroatoms. The predicted octanol–water partition coefficient (Wildman–Crippen LogP) is 4.75. The number of nitrogens with zero attached hydrogens (tertiary/aromatic N) is 5. The van der Waals surface area contributed by atoms with Gasteiger partial charge in [0.05, 0.1) is 24.8 Å². The van der Waals surface area contributed by atoms with Crippen LogP contribution in [0, 0.1) is 6.92 Å². The zero-order valence-corrected chi connectivity index (χ0v) is 19.8. The molecular formula is C22H21N7O5S. The molecule has 2 heterocycles. The summed E-state index contributed by atoms with van der Waals surface area (Å²) < 4.78 is 43.5. The Bertz CT molecular complexity index is 1440. The van der Waals surface area contributed by atoms with Crippen molar-refractivity contribution in [1.29, 1.82) is 0 Å². The van der Waals surface area contributed by atoms with Crippen molar-refractivity contribution in [3.63, 3.8) is 0 Å². The van der Waals surface area contributed by atoms with Crippen molar-refractivity contribution in [3.05, 3.63) is 66.7 Å². The van der Waals surface area contributed by atoms with E-state index in [4.69, 9.17) is 14.0 Å². The first-order chi connectivity index (χ1) is 16.9. The first kappa shape index (κ1) is 23.6. The molecule has 0 saturated heterocycles. The van der Waals surface area contributed by atoms with Gasteiger partial charge >= 0.3 is 0 Å². The number of aryl methyl sites for hydroxylation is 1. The normalized spacial score (nSPS) is 11.4. The summed E-state index contributed by atoms with van der Waals surface area (Å²) in [6.45, 7) is 1.72. The van der Waals surface area contributed by atoms with Crippen LogP contribution in [0.3, 0.4) is 0 Å². The molecule has 4 rings (SSSR count). The number of nitrogens with one attached hydrogen (secondary N) is 2. The van der Waals surface area contributed by atoms with Crippen LogP contribution in [0.25, 0.3) is 0 Å². The van der Waals surface area contributed by atoms with Gasteiger partial charge in [0.15, 0.2) is 17.3 Å². The fraction of sp³-hybridized carbons (Fsp3) is 0.136. The Morgan fingerprint density at radius 2 is 1.66 bits per heavy atom. The second-order valence-electron chi connectivity index (χ2n) is 6.99. The van der Waals surface area contributed by atoms with E-state index in [-0.39, 0.29) is 22.3 Å². The topological polar surface area (TPSA) is 153 Å². The van der Waals surface area contributed by atoms with E-state index in [9.17, 15) is 8.42 Å². The SMILES string of the molecule is COc1ncnc(NS(=O)(=O)c2ccc(N=Nc3c(Nc4ccccc4)noc3C)cc2)c1OC. The zero-order chi connectivity index (χ0) is 24.8. The number of sulfonamides is 1. The Labute approximate surface area is 201 Å². The summed E-state index contributed by atoms with van der Waals surface area (Å²) >= 11 is 0. The minimum atomic E-state index is -3.98. The van der Waals surface area contributed by atoms with Gasteiger partial charge < -0.3 is 19.3 Å². The average Bonchev–Trinajstić information content (AvgIpc) is 3.21. The van der Waals surface area contributed by atoms with Gasteiger partial charge in [0.2, 0.25) is 11.6 Å². The molecule has 0 bridgehead atoms. The number of benzene rings is 2. The van der Waals surface area contributed by atoms with E-state index in [2.05, 4.69) is 35.4 Å². The van der Waals surface area contributed by atoms with Gasteiger partial charge in [-0.2, -0.15) is 10.1 Å². The Morgan fingerprint density at radius 3 is 2.34 bits per heavy atom. The maximum atomic E-state index is 12.8. The second-order valence-corrected chi connectivity index (χ2v) is 8.67. The molecule has 0 amide bonds. The number of hydrogen-bond acceptors (Lipinski definition) is 11. The average molecular weight is 496 g/mol. The van der Waals surface area contributed by atoms with Gasteiger partial charge in [-0.25, -0.2) is 13.4 Å².